The topological polar surface area (TPSA) is 85.5 Å². The molecule has 6 nitrogen and oxygen atoms in total. The molecule has 302 valence electrons. The number of para-hydroxylation sites is 6. The first kappa shape index (κ1) is 39.4. The molecule has 0 saturated heterocycles. The maximum absolute atomic E-state index is 12.5. The van der Waals surface area contributed by atoms with E-state index < -0.39 is 5.60 Å². The summed E-state index contributed by atoms with van der Waals surface area (Å²) in [6.45, 7) is 0. The highest BCUT2D eigenvalue weighted by atomic mass is 79.9. The van der Waals surface area contributed by atoms with Gasteiger partial charge in [-0.1, -0.05) is 158 Å². The first-order valence-corrected chi connectivity index (χ1v) is 21.3. The lowest BCUT2D eigenvalue weighted by Crippen LogP contribution is -2.33. The molecular weight excluding hydrogens is 845 g/mol. The number of rotatable bonds is 3. The molecule has 0 radical (unpaired) electrons. The van der Waals surface area contributed by atoms with Crippen molar-refractivity contribution in [3.63, 3.8) is 0 Å². The number of aliphatic hydroxyl groups is 1. The Hall–Kier alpha value is -7.71. The van der Waals surface area contributed by atoms with E-state index in [1.165, 1.54) is 0 Å². The van der Waals surface area contributed by atoms with Crippen LogP contribution in [0.1, 0.15) is 16.7 Å². The van der Waals surface area contributed by atoms with Crippen LogP contribution in [0.25, 0.3) is 66.3 Å². The van der Waals surface area contributed by atoms with Crippen molar-refractivity contribution in [1.29, 1.82) is 0 Å². The standard InChI is InChI=1S/C28H19NO2.C15H10BrN.C13H8O2/c30-28(21-13-5-8-16-25(21)31-26-17-9-6-14-22(26)28)23-18-20-12-4-7-15-24(20)29-27(23)19-10-2-1-3-11-19;16-13-10-12-8-4-5-9-14(12)17-15(13)11-6-2-1-3-7-11;14-13-9-5-1-3-7-11(9)15-12-8-4-2-6-10(12)13/h1-18,30H;1-10H;1-8H. The molecule has 0 atom stereocenters. The highest BCUT2D eigenvalue weighted by molar-refractivity contribution is 9.10. The second-order valence-corrected chi connectivity index (χ2v) is 15.9. The number of nitrogens with zero attached hydrogens (tertiary/aromatic N) is 2. The summed E-state index contributed by atoms with van der Waals surface area (Å²) in [7, 11) is 0. The van der Waals surface area contributed by atoms with Gasteiger partial charge in [0.1, 0.15) is 28.3 Å². The molecule has 4 heterocycles. The monoisotopic (exact) mass is 880 g/mol. The van der Waals surface area contributed by atoms with Gasteiger partial charge in [-0.15, -0.1) is 0 Å². The SMILES string of the molecule is Brc1cc2ccccc2nc1-c1ccccc1.O=c1c2ccccc2oc2ccccc12.OC1(c2cc3ccccc3nc2-c2ccccc2)c2ccccc2Oc2ccccc21. The average molecular weight is 882 g/mol. The normalized spacial score (nSPS) is 12.3. The number of fused-ring (bicyclic) bond motifs is 6. The van der Waals surface area contributed by atoms with Crippen LogP contribution in [0.5, 0.6) is 11.5 Å². The van der Waals surface area contributed by atoms with Gasteiger partial charge < -0.3 is 14.3 Å². The number of benzene rings is 8. The Morgan fingerprint density at radius 1 is 0.444 bits per heavy atom. The summed E-state index contributed by atoms with van der Waals surface area (Å²) in [5.41, 5.74) is 7.81. The zero-order valence-electron chi connectivity index (χ0n) is 33.7. The quantitative estimate of drug-likeness (QED) is 0.178. The van der Waals surface area contributed by atoms with E-state index >= 15 is 0 Å². The summed E-state index contributed by atoms with van der Waals surface area (Å²) in [6.07, 6.45) is 0. The lowest BCUT2D eigenvalue weighted by molar-refractivity contribution is 0.113. The van der Waals surface area contributed by atoms with Gasteiger partial charge in [-0.25, -0.2) is 9.97 Å². The van der Waals surface area contributed by atoms with E-state index in [1.807, 2.05) is 176 Å². The fourth-order valence-corrected chi connectivity index (χ4v) is 8.67. The van der Waals surface area contributed by atoms with Crippen molar-refractivity contribution in [3.05, 3.63) is 250 Å². The summed E-state index contributed by atoms with van der Waals surface area (Å²) in [5.74, 6) is 1.30. The summed E-state index contributed by atoms with van der Waals surface area (Å²) in [4.78, 5) is 21.7. The summed E-state index contributed by atoms with van der Waals surface area (Å²) < 4.78 is 12.8. The molecule has 0 unspecified atom stereocenters. The Kier molecular flexibility index (Phi) is 10.6. The minimum atomic E-state index is -1.41. The molecular formula is C56H37BrN2O4. The summed E-state index contributed by atoms with van der Waals surface area (Å²) in [6, 6.07) is 70.5. The molecule has 8 aromatic carbocycles. The number of hydrogen-bond donors (Lipinski definition) is 1. The van der Waals surface area contributed by atoms with Crippen LogP contribution in [-0.4, -0.2) is 15.1 Å². The minimum absolute atomic E-state index is 0.0347. The third-order valence-corrected chi connectivity index (χ3v) is 11.7. The second-order valence-electron chi connectivity index (χ2n) is 15.0. The number of ether oxygens (including phenoxy) is 1. The molecule has 11 aromatic rings. The van der Waals surface area contributed by atoms with Crippen molar-refractivity contribution in [3.8, 4) is 34.0 Å². The van der Waals surface area contributed by atoms with Crippen molar-refractivity contribution in [2.24, 2.45) is 0 Å². The van der Waals surface area contributed by atoms with E-state index in [0.717, 1.165) is 54.4 Å². The van der Waals surface area contributed by atoms with Gasteiger partial charge >= 0.3 is 0 Å². The van der Waals surface area contributed by atoms with Crippen LogP contribution in [0.15, 0.2) is 232 Å². The lowest BCUT2D eigenvalue weighted by atomic mass is 9.76. The van der Waals surface area contributed by atoms with Crippen molar-refractivity contribution < 1.29 is 14.3 Å². The smallest absolute Gasteiger partial charge is 0.200 e. The predicted molar refractivity (Wildman–Crippen MR) is 257 cm³/mol. The summed E-state index contributed by atoms with van der Waals surface area (Å²) in [5, 5.41) is 15.9. The molecule has 0 amide bonds. The molecule has 1 aliphatic rings. The Morgan fingerprint density at radius 2 is 0.873 bits per heavy atom. The summed E-state index contributed by atoms with van der Waals surface area (Å²) >= 11 is 3.59. The Bertz CT molecular complexity index is 3400. The zero-order valence-corrected chi connectivity index (χ0v) is 35.3. The second kappa shape index (κ2) is 17.0. The fraction of sp³-hybridized carbons (Fsp3) is 0.0179. The minimum Gasteiger partial charge on any atom is -0.457 e. The number of halogens is 1. The third-order valence-electron chi connectivity index (χ3n) is 11.1. The molecule has 1 aliphatic heterocycles. The van der Waals surface area contributed by atoms with Crippen molar-refractivity contribution in [2.45, 2.75) is 5.60 Å². The third kappa shape index (κ3) is 7.54. The van der Waals surface area contributed by atoms with Crippen LogP contribution in [0.2, 0.25) is 0 Å². The molecule has 0 saturated carbocycles. The molecule has 12 rings (SSSR count). The van der Waals surface area contributed by atoms with Crippen LogP contribution in [-0.2, 0) is 5.60 Å². The molecule has 0 aliphatic carbocycles. The molecule has 0 bridgehead atoms. The van der Waals surface area contributed by atoms with Gasteiger partial charge in [0.25, 0.3) is 0 Å². The van der Waals surface area contributed by atoms with Crippen molar-refractivity contribution in [2.75, 3.05) is 0 Å². The van der Waals surface area contributed by atoms with Crippen molar-refractivity contribution >= 4 is 59.7 Å². The Balaban J connectivity index is 0.000000124. The largest absolute Gasteiger partial charge is 0.457 e. The molecule has 1 N–H and O–H groups in total. The van der Waals surface area contributed by atoms with Gasteiger partial charge in [-0.2, -0.15) is 0 Å². The molecule has 7 heteroatoms. The van der Waals surface area contributed by atoms with Crippen LogP contribution in [0, 0.1) is 0 Å². The van der Waals surface area contributed by atoms with Gasteiger partial charge in [0.15, 0.2) is 0 Å². The fourth-order valence-electron chi connectivity index (χ4n) is 8.11. The van der Waals surface area contributed by atoms with E-state index in [9.17, 15) is 9.90 Å². The first-order valence-electron chi connectivity index (χ1n) is 20.5. The van der Waals surface area contributed by atoms with Crippen LogP contribution in [0.3, 0.4) is 0 Å². The van der Waals surface area contributed by atoms with Gasteiger partial charge in [-0.05, 0) is 76.6 Å². The Morgan fingerprint density at radius 3 is 1.44 bits per heavy atom. The van der Waals surface area contributed by atoms with E-state index in [-0.39, 0.29) is 5.43 Å². The van der Waals surface area contributed by atoms with E-state index in [1.54, 1.807) is 12.1 Å². The molecule has 63 heavy (non-hydrogen) atoms. The van der Waals surface area contributed by atoms with Crippen LogP contribution >= 0.6 is 15.9 Å². The highest BCUT2D eigenvalue weighted by Gasteiger charge is 2.44. The maximum Gasteiger partial charge on any atom is 0.200 e. The first-order chi connectivity index (χ1) is 31.0. The van der Waals surface area contributed by atoms with Crippen LogP contribution in [0.4, 0.5) is 0 Å². The zero-order chi connectivity index (χ0) is 42.8. The number of pyridine rings is 2. The number of aromatic nitrogens is 2. The number of hydrogen-bond acceptors (Lipinski definition) is 6. The van der Waals surface area contributed by atoms with Crippen LogP contribution < -0.4 is 10.2 Å². The highest BCUT2D eigenvalue weighted by Crippen LogP contribution is 2.52. The van der Waals surface area contributed by atoms with Gasteiger partial charge in [0, 0.05) is 43.1 Å². The molecule has 3 aromatic heterocycles. The van der Waals surface area contributed by atoms with E-state index in [0.29, 0.717) is 44.6 Å². The average Bonchev–Trinajstić information content (AvgIpc) is 3.34. The molecule has 0 spiro atoms. The van der Waals surface area contributed by atoms with Gasteiger partial charge in [0.2, 0.25) is 5.43 Å². The van der Waals surface area contributed by atoms with Crippen molar-refractivity contribution in [1.82, 2.24) is 9.97 Å². The van der Waals surface area contributed by atoms with E-state index in [2.05, 4.69) is 46.3 Å². The maximum atomic E-state index is 12.5. The molecule has 0 fully saturated rings. The van der Waals surface area contributed by atoms with Gasteiger partial charge in [-0.3, -0.25) is 4.79 Å². The Labute approximate surface area is 371 Å². The lowest BCUT2D eigenvalue weighted by Gasteiger charge is -2.37. The predicted octanol–water partition coefficient (Wildman–Crippen LogP) is 13.9. The van der Waals surface area contributed by atoms with Gasteiger partial charge in [0.05, 0.1) is 33.2 Å². The van der Waals surface area contributed by atoms with E-state index in [4.69, 9.17) is 19.1 Å².